The SMILES string of the molecule is Cc1ccc(Nc2cc(Oc3cccc(C)c3C)c([N+](=O)[O-])cc2[N+](=O)[O-])cc1. The minimum absolute atomic E-state index is 0.0797. The Balaban J connectivity index is 2.10. The molecule has 0 bridgehead atoms. The minimum atomic E-state index is -0.691. The van der Waals surface area contributed by atoms with Crippen LogP contribution in [-0.4, -0.2) is 9.85 Å². The van der Waals surface area contributed by atoms with Crippen LogP contribution in [0.4, 0.5) is 22.7 Å². The Morgan fingerprint density at radius 3 is 2.10 bits per heavy atom. The van der Waals surface area contributed by atoms with E-state index in [1.807, 2.05) is 39.0 Å². The highest BCUT2D eigenvalue weighted by Crippen LogP contribution is 2.41. The third-order valence-electron chi connectivity index (χ3n) is 4.58. The number of hydrogen-bond acceptors (Lipinski definition) is 6. The van der Waals surface area contributed by atoms with Gasteiger partial charge < -0.3 is 10.1 Å². The Bertz CT molecular complexity index is 1090. The summed E-state index contributed by atoms with van der Waals surface area (Å²) in [5.41, 5.74) is 2.65. The van der Waals surface area contributed by atoms with Crippen molar-refractivity contribution in [3.63, 3.8) is 0 Å². The van der Waals surface area contributed by atoms with Gasteiger partial charge in [0, 0.05) is 11.8 Å². The van der Waals surface area contributed by atoms with E-state index < -0.39 is 21.2 Å². The highest BCUT2D eigenvalue weighted by atomic mass is 16.6. The molecule has 0 aromatic heterocycles. The second-order valence-corrected chi connectivity index (χ2v) is 6.64. The van der Waals surface area contributed by atoms with Gasteiger partial charge in [0.15, 0.2) is 0 Å². The van der Waals surface area contributed by atoms with Gasteiger partial charge in [-0.25, -0.2) is 0 Å². The zero-order chi connectivity index (χ0) is 21.1. The van der Waals surface area contributed by atoms with Crippen LogP contribution >= 0.6 is 0 Å². The lowest BCUT2D eigenvalue weighted by molar-refractivity contribution is -0.394. The molecule has 0 amide bonds. The van der Waals surface area contributed by atoms with Crippen molar-refractivity contribution in [2.75, 3.05) is 5.32 Å². The molecule has 29 heavy (non-hydrogen) atoms. The van der Waals surface area contributed by atoms with E-state index in [0.29, 0.717) is 11.4 Å². The monoisotopic (exact) mass is 393 g/mol. The first-order chi connectivity index (χ1) is 13.8. The number of nitro groups is 2. The lowest BCUT2D eigenvalue weighted by Gasteiger charge is -2.13. The average molecular weight is 393 g/mol. The third kappa shape index (κ3) is 4.32. The fraction of sp³-hybridized carbons (Fsp3) is 0.143. The van der Waals surface area contributed by atoms with Gasteiger partial charge in [0.1, 0.15) is 17.5 Å². The molecule has 0 aliphatic heterocycles. The van der Waals surface area contributed by atoms with E-state index in [1.165, 1.54) is 6.07 Å². The fourth-order valence-electron chi connectivity index (χ4n) is 2.78. The lowest BCUT2D eigenvalue weighted by atomic mass is 10.1. The molecular formula is C21H19N3O5. The Labute approximate surface area is 167 Å². The predicted octanol–water partition coefficient (Wildman–Crippen LogP) is 5.96. The summed E-state index contributed by atoms with van der Waals surface area (Å²) in [6, 6.07) is 14.8. The van der Waals surface area contributed by atoms with Gasteiger partial charge in [-0.15, -0.1) is 0 Å². The van der Waals surface area contributed by atoms with Crippen LogP contribution in [-0.2, 0) is 0 Å². The maximum atomic E-state index is 11.5. The van der Waals surface area contributed by atoms with Crippen molar-refractivity contribution in [3.05, 3.63) is 91.5 Å². The molecule has 0 spiro atoms. The molecule has 0 unspecified atom stereocenters. The molecule has 3 aromatic rings. The van der Waals surface area contributed by atoms with Gasteiger partial charge >= 0.3 is 5.69 Å². The van der Waals surface area contributed by atoms with Crippen LogP contribution in [0, 0.1) is 41.0 Å². The summed E-state index contributed by atoms with van der Waals surface area (Å²) in [4.78, 5) is 21.7. The molecule has 0 heterocycles. The smallest absolute Gasteiger partial charge is 0.318 e. The lowest BCUT2D eigenvalue weighted by Crippen LogP contribution is -2.01. The second kappa shape index (κ2) is 7.97. The van der Waals surface area contributed by atoms with E-state index in [9.17, 15) is 20.2 Å². The van der Waals surface area contributed by atoms with Gasteiger partial charge in [0.25, 0.3) is 5.69 Å². The van der Waals surface area contributed by atoms with Gasteiger partial charge in [-0.2, -0.15) is 0 Å². The summed E-state index contributed by atoms with van der Waals surface area (Å²) in [6.45, 7) is 5.67. The van der Waals surface area contributed by atoms with Crippen molar-refractivity contribution in [1.29, 1.82) is 0 Å². The van der Waals surface area contributed by atoms with Gasteiger partial charge in [-0.1, -0.05) is 29.8 Å². The highest BCUT2D eigenvalue weighted by molar-refractivity contribution is 5.75. The molecule has 0 radical (unpaired) electrons. The van der Waals surface area contributed by atoms with Crippen LogP contribution < -0.4 is 10.1 Å². The van der Waals surface area contributed by atoms with Gasteiger partial charge in [-0.05, 0) is 50.1 Å². The zero-order valence-electron chi connectivity index (χ0n) is 16.1. The Morgan fingerprint density at radius 2 is 1.48 bits per heavy atom. The number of aryl methyl sites for hydroxylation is 2. The van der Waals surface area contributed by atoms with Crippen LogP contribution in [0.15, 0.2) is 54.6 Å². The third-order valence-corrected chi connectivity index (χ3v) is 4.58. The van der Waals surface area contributed by atoms with E-state index >= 15 is 0 Å². The summed E-state index contributed by atoms with van der Waals surface area (Å²) in [5, 5.41) is 26.0. The number of hydrogen-bond donors (Lipinski definition) is 1. The molecule has 1 N–H and O–H groups in total. The van der Waals surface area contributed by atoms with Gasteiger partial charge in [0.2, 0.25) is 5.75 Å². The zero-order valence-corrected chi connectivity index (χ0v) is 16.1. The van der Waals surface area contributed by atoms with Crippen molar-refractivity contribution >= 4 is 22.7 Å². The summed E-state index contributed by atoms with van der Waals surface area (Å²) in [5.74, 6) is 0.368. The Hall–Kier alpha value is -3.94. The normalized spacial score (nSPS) is 10.4. The van der Waals surface area contributed by atoms with Crippen molar-refractivity contribution in [2.24, 2.45) is 0 Å². The molecule has 0 saturated carbocycles. The van der Waals surface area contributed by atoms with E-state index in [2.05, 4.69) is 5.32 Å². The topological polar surface area (TPSA) is 108 Å². The Morgan fingerprint density at radius 1 is 0.828 bits per heavy atom. The number of anilines is 2. The second-order valence-electron chi connectivity index (χ2n) is 6.64. The molecule has 8 heteroatoms. The van der Waals surface area contributed by atoms with Crippen molar-refractivity contribution in [2.45, 2.75) is 20.8 Å². The molecule has 0 fully saturated rings. The van der Waals surface area contributed by atoms with Gasteiger partial charge in [-0.3, -0.25) is 20.2 Å². The minimum Gasteiger partial charge on any atom is -0.450 e. The van der Waals surface area contributed by atoms with Crippen LogP contribution in [0.5, 0.6) is 11.5 Å². The van der Waals surface area contributed by atoms with Crippen molar-refractivity contribution in [1.82, 2.24) is 0 Å². The number of benzene rings is 3. The maximum absolute atomic E-state index is 11.5. The standard InChI is InChI=1S/C21H19N3O5/c1-13-7-9-16(10-8-13)22-17-11-21(19(24(27)28)12-18(17)23(25)26)29-20-6-4-5-14(2)15(20)3/h4-12,22H,1-3H3. The number of ether oxygens (including phenoxy) is 1. The molecule has 0 saturated heterocycles. The van der Waals surface area contributed by atoms with Crippen molar-refractivity contribution < 1.29 is 14.6 Å². The predicted molar refractivity (Wildman–Crippen MR) is 110 cm³/mol. The van der Waals surface area contributed by atoms with Crippen LogP contribution in [0.25, 0.3) is 0 Å². The largest absolute Gasteiger partial charge is 0.450 e. The molecule has 0 atom stereocenters. The fourth-order valence-corrected chi connectivity index (χ4v) is 2.78. The summed E-state index contributed by atoms with van der Waals surface area (Å²) >= 11 is 0. The molecule has 0 aliphatic carbocycles. The van der Waals surface area contributed by atoms with E-state index in [-0.39, 0.29) is 11.4 Å². The average Bonchev–Trinajstić information content (AvgIpc) is 2.67. The Kier molecular flexibility index (Phi) is 5.45. The first-order valence-corrected chi connectivity index (χ1v) is 8.81. The number of nitrogens with one attached hydrogen (secondary N) is 1. The molecule has 148 valence electrons. The van der Waals surface area contributed by atoms with Crippen LogP contribution in [0.1, 0.15) is 16.7 Å². The van der Waals surface area contributed by atoms with Crippen LogP contribution in [0.3, 0.4) is 0 Å². The highest BCUT2D eigenvalue weighted by Gasteiger charge is 2.26. The molecule has 0 aliphatic rings. The molecule has 3 aromatic carbocycles. The molecular weight excluding hydrogens is 374 g/mol. The summed E-state index contributed by atoms with van der Waals surface area (Å²) in [6.07, 6.45) is 0. The quantitative estimate of drug-likeness (QED) is 0.409. The first-order valence-electron chi connectivity index (χ1n) is 8.81. The van der Waals surface area contributed by atoms with Crippen molar-refractivity contribution in [3.8, 4) is 11.5 Å². The number of nitro benzene ring substituents is 2. The summed E-state index contributed by atoms with van der Waals surface area (Å²) in [7, 11) is 0. The summed E-state index contributed by atoms with van der Waals surface area (Å²) < 4.78 is 5.81. The van der Waals surface area contributed by atoms with E-state index in [0.717, 1.165) is 22.8 Å². The maximum Gasteiger partial charge on any atom is 0.318 e. The van der Waals surface area contributed by atoms with Gasteiger partial charge in [0.05, 0.1) is 9.85 Å². The van der Waals surface area contributed by atoms with E-state index in [4.69, 9.17) is 4.74 Å². The number of nitrogens with zero attached hydrogens (tertiary/aromatic N) is 2. The van der Waals surface area contributed by atoms with E-state index in [1.54, 1.807) is 24.3 Å². The molecule has 8 nitrogen and oxygen atoms in total. The first kappa shape index (κ1) is 19.8. The number of rotatable bonds is 6. The van der Waals surface area contributed by atoms with Crippen LogP contribution in [0.2, 0.25) is 0 Å². The molecule has 3 rings (SSSR count).